The molecule has 0 fully saturated rings. The molecule has 0 radical (unpaired) electrons. The van der Waals surface area contributed by atoms with Crippen LogP contribution in [0.2, 0.25) is 0 Å². The lowest BCUT2D eigenvalue weighted by atomic mass is 10.7. The maximum Gasteiger partial charge on any atom is 0.159 e. The van der Waals surface area contributed by atoms with Gasteiger partial charge in [-0.2, -0.15) is 5.10 Å². The van der Waals surface area contributed by atoms with Gasteiger partial charge < -0.3 is 0 Å². The van der Waals surface area contributed by atoms with E-state index >= 15 is 0 Å². The van der Waals surface area contributed by atoms with Crippen LogP contribution in [0.4, 0.5) is 5.82 Å². The first kappa shape index (κ1) is 6.44. The SMILES string of the molecule is CONc1[nH]ncc1S. The largest absolute Gasteiger partial charge is 0.278 e. The standard InChI is InChI=1S/C4H7N3OS/c1-8-7-4-3(9)2-5-6-4/h2,9H,1H3,(H2,5,6,7). The van der Waals surface area contributed by atoms with Crippen LogP contribution in [-0.2, 0) is 4.84 Å². The van der Waals surface area contributed by atoms with Crippen molar-refractivity contribution in [2.24, 2.45) is 0 Å². The Morgan fingerprint density at radius 1 is 1.89 bits per heavy atom. The van der Waals surface area contributed by atoms with E-state index in [-0.39, 0.29) is 0 Å². The number of aromatic amines is 1. The number of anilines is 1. The molecule has 0 saturated heterocycles. The average molecular weight is 145 g/mol. The molecule has 0 aliphatic carbocycles. The molecule has 50 valence electrons. The molecule has 1 aromatic heterocycles. The summed E-state index contributed by atoms with van der Waals surface area (Å²) in [7, 11) is 1.52. The summed E-state index contributed by atoms with van der Waals surface area (Å²) in [6.45, 7) is 0. The Morgan fingerprint density at radius 2 is 2.67 bits per heavy atom. The molecule has 0 atom stereocenters. The van der Waals surface area contributed by atoms with Crippen LogP contribution < -0.4 is 5.48 Å². The second kappa shape index (κ2) is 2.75. The van der Waals surface area contributed by atoms with E-state index in [0.29, 0.717) is 5.82 Å². The van der Waals surface area contributed by atoms with Gasteiger partial charge in [0.15, 0.2) is 5.82 Å². The van der Waals surface area contributed by atoms with E-state index in [1.54, 1.807) is 6.20 Å². The Kier molecular flexibility index (Phi) is 1.96. The fraction of sp³-hybridized carbons (Fsp3) is 0.250. The highest BCUT2D eigenvalue weighted by Gasteiger charge is 1.96. The number of H-pyrrole nitrogens is 1. The fourth-order valence-corrected chi connectivity index (χ4v) is 0.610. The van der Waals surface area contributed by atoms with Crippen LogP contribution >= 0.6 is 12.6 Å². The summed E-state index contributed by atoms with van der Waals surface area (Å²) in [6.07, 6.45) is 1.59. The smallest absolute Gasteiger partial charge is 0.159 e. The van der Waals surface area contributed by atoms with Gasteiger partial charge in [-0.15, -0.1) is 12.6 Å². The van der Waals surface area contributed by atoms with Crippen molar-refractivity contribution in [3.05, 3.63) is 6.20 Å². The van der Waals surface area contributed by atoms with Gasteiger partial charge in [0, 0.05) is 0 Å². The summed E-state index contributed by atoms with van der Waals surface area (Å²) in [5.74, 6) is 0.667. The summed E-state index contributed by atoms with van der Waals surface area (Å²) in [5, 5.41) is 6.34. The molecule has 9 heavy (non-hydrogen) atoms. The van der Waals surface area contributed by atoms with Gasteiger partial charge in [-0.3, -0.25) is 9.94 Å². The lowest BCUT2D eigenvalue weighted by Gasteiger charge is -1.97. The van der Waals surface area contributed by atoms with Gasteiger partial charge in [0.05, 0.1) is 18.2 Å². The van der Waals surface area contributed by atoms with Crippen molar-refractivity contribution in [1.82, 2.24) is 10.2 Å². The van der Waals surface area contributed by atoms with Crippen LogP contribution in [-0.4, -0.2) is 17.3 Å². The Hall–Kier alpha value is -0.680. The maximum absolute atomic E-state index is 4.60. The molecule has 0 aliphatic rings. The van der Waals surface area contributed by atoms with Crippen LogP contribution in [0.3, 0.4) is 0 Å². The molecule has 0 unspecified atom stereocenters. The Labute approximate surface area is 58.0 Å². The maximum atomic E-state index is 4.60. The molecule has 5 heteroatoms. The highest BCUT2D eigenvalue weighted by Crippen LogP contribution is 2.13. The van der Waals surface area contributed by atoms with Gasteiger partial charge in [0.1, 0.15) is 0 Å². The second-order valence-corrected chi connectivity index (χ2v) is 1.92. The number of aromatic nitrogens is 2. The summed E-state index contributed by atoms with van der Waals surface area (Å²) >= 11 is 4.05. The van der Waals surface area contributed by atoms with Crippen LogP contribution in [0.15, 0.2) is 11.1 Å². The summed E-state index contributed by atoms with van der Waals surface area (Å²) in [4.78, 5) is 5.33. The number of nitrogens with zero attached hydrogens (tertiary/aromatic N) is 1. The van der Waals surface area contributed by atoms with Gasteiger partial charge in [-0.05, 0) is 0 Å². The lowest BCUT2D eigenvalue weighted by molar-refractivity contribution is 0.268. The Balaban J connectivity index is 2.69. The monoisotopic (exact) mass is 145 g/mol. The van der Waals surface area contributed by atoms with Crippen LogP contribution in [0.1, 0.15) is 0 Å². The van der Waals surface area contributed by atoms with Crippen molar-refractivity contribution in [2.75, 3.05) is 12.6 Å². The Bertz CT molecular complexity index is 188. The highest BCUT2D eigenvalue weighted by molar-refractivity contribution is 7.80. The van der Waals surface area contributed by atoms with E-state index in [0.717, 1.165) is 4.90 Å². The average Bonchev–Trinajstić information content (AvgIpc) is 2.18. The predicted octanol–water partition coefficient (Wildman–Crippen LogP) is 0.672. The third-order valence-corrected chi connectivity index (χ3v) is 1.16. The third kappa shape index (κ3) is 1.36. The van der Waals surface area contributed by atoms with E-state index in [1.807, 2.05) is 0 Å². The summed E-state index contributed by atoms with van der Waals surface area (Å²) in [5.41, 5.74) is 2.56. The topological polar surface area (TPSA) is 49.9 Å². The zero-order valence-electron chi connectivity index (χ0n) is 4.88. The van der Waals surface area contributed by atoms with Crippen molar-refractivity contribution in [1.29, 1.82) is 0 Å². The van der Waals surface area contributed by atoms with Gasteiger partial charge in [-0.1, -0.05) is 0 Å². The molecule has 0 bridgehead atoms. The minimum atomic E-state index is 0.667. The van der Waals surface area contributed by atoms with Gasteiger partial charge >= 0.3 is 0 Å². The zero-order chi connectivity index (χ0) is 6.69. The number of nitrogens with one attached hydrogen (secondary N) is 2. The van der Waals surface area contributed by atoms with Crippen molar-refractivity contribution < 1.29 is 4.84 Å². The van der Waals surface area contributed by atoms with Crippen molar-refractivity contribution in [3.8, 4) is 0 Å². The molecule has 1 heterocycles. The highest BCUT2D eigenvalue weighted by atomic mass is 32.1. The van der Waals surface area contributed by atoms with Crippen molar-refractivity contribution in [3.63, 3.8) is 0 Å². The first-order valence-electron chi connectivity index (χ1n) is 2.36. The molecule has 0 amide bonds. The summed E-state index contributed by atoms with van der Waals surface area (Å²) < 4.78 is 0. The second-order valence-electron chi connectivity index (χ2n) is 1.44. The van der Waals surface area contributed by atoms with Crippen LogP contribution in [0.25, 0.3) is 0 Å². The normalized spacial score (nSPS) is 9.56. The minimum Gasteiger partial charge on any atom is -0.278 e. The van der Waals surface area contributed by atoms with E-state index in [9.17, 15) is 0 Å². The minimum absolute atomic E-state index is 0.667. The molecule has 0 aliphatic heterocycles. The van der Waals surface area contributed by atoms with E-state index in [2.05, 4.69) is 33.1 Å². The number of thiol groups is 1. The van der Waals surface area contributed by atoms with Crippen LogP contribution in [0.5, 0.6) is 0 Å². The zero-order valence-corrected chi connectivity index (χ0v) is 5.77. The van der Waals surface area contributed by atoms with E-state index in [4.69, 9.17) is 0 Å². The molecular weight excluding hydrogens is 138 g/mol. The number of hydrogen-bond donors (Lipinski definition) is 3. The molecule has 0 aromatic carbocycles. The Morgan fingerprint density at radius 3 is 3.11 bits per heavy atom. The molecule has 1 aromatic rings. The van der Waals surface area contributed by atoms with Gasteiger partial charge in [-0.25, -0.2) is 5.48 Å². The predicted molar refractivity (Wildman–Crippen MR) is 36.5 cm³/mol. The number of hydrogen-bond acceptors (Lipinski definition) is 4. The number of rotatable bonds is 2. The molecule has 1 rings (SSSR count). The van der Waals surface area contributed by atoms with E-state index < -0.39 is 0 Å². The first-order valence-corrected chi connectivity index (χ1v) is 2.80. The quantitative estimate of drug-likeness (QED) is 0.423. The van der Waals surface area contributed by atoms with Crippen molar-refractivity contribution in [2.45, 2.75) is 4.90 Å². The lowest BCUT2D eigenvalue weighted by Crippen LogP contribution is -1.95. The van der Waals surface area contributed by atoms with Crippen LogP contribution in [0, 0.1) is 0 Å². The molecule has 4 nitrogen and oxygen atoms in total. The van der Waals surface area contributed by atoms with Gasteiger partial charge in [0.25, 0.3) is 0 Å². The molecule has 0 spiro atoms. The molecule has 0 saturated carbocycles. The van der Waals surface area contributed by atoms with E-state index in [1.165, 1.54) is 7.11 Å². The molecule has 2 N–H and O–H groups in total. The van der Waals surface area contributed by atoms with Gasteiger partial charge in [0.2, 0.25) is 0 Å². The fourth-order valence-electron chi connectivity index (χ4n) is 0.457. The summed E-state index contributed by atoms with van der Waals surface area (Å²) in [6, 6.07) is 0. The first-order chi connectivity index (χ1) is 4.34. The third-order valence-electron chi connectivity index (χ3n) is 0.823. The molecular formula is C4H7N3OS. The van der Waals surface area contributed by atoms with Crippen molar-refractivity contribution >= 4 is 18.4 Å².